The van der Waals surface area contributed by atoms with E-state index < -0.39 is 9.84 Å². The number of rotatable bonds is 3. The SMILES string of the molecule is CS(=O)(=O)c1ccc([C@H]2OC=N[C@@H]2CO)cc1. The number of benzene rings is 1. The van der Waals surface area contributed by atoms with Crippen LogP contribution in [-0.4, -0.2) is 38.8 Å². The maximum Gasteiger partial charge on any atom is 0.175 e. The average Bonchev–Trinajstić information content (AvgIpc) is 2.76. The zero-order valence-corrected chi connectivity index (χ0v) is 10.1. The molecule has 0 saturated carbocycles. The third-order valence-corrected chi connectivity index (χ3v) is 3.76. The van der Waals surface area contributed by atoms with Gasteiger partial charge in [0.25, 0.3) is 0 Å². The fraction of sp³-hybridized carbons (Fsp3) is 0.364. The van der Waals surface area contributed by atoms with E-state index in [0.717, 1.165) is 11.8 Å². The highest BCUT2D eigenvalue weighted by molar-refractivity contribution is 7.90. The van der Waals surface area contributed by atoms with Gasteiger partial charge in [0.05, 0.1) is 11.5 Å². The van der Waals surface area contributed by atoms with Crippen LogP contribution in [0.25, 0.3) is 0 Å². The van der Waals surface area contributed by atoms with E-state index in [1.54, 1.807) is 12.1 Å². The lowest BCUT2D eigenvalue weighted by molar-refractivity contribution is 0.156. The average molecular weight is 255 g/mol. The first-order chi connectivity index (χ1) is 8.02. The Hall–Kier alpha value is -1.40. The Morgan fingerprint density at radius 3 is 2.53 bits per heavy atom. The normalized spacial score (nSPS) is 23.6. The molecule has 1 aliphatic heterocycles. The maximum absolute atomic E-state index is 11.3. The molecule has 6 heteroatoms. The number of aliphatic hydroxyl groups excluding tert-OH is 1. The maximum atomic E-state index is 11.3. The van der Waals surface area contributed by atoms with Gasteiger partial charge in [-0.1, -0.05) is 12.1 Å². The summed E-state index contributed by atoms with van der Waals surface area (Å²) in [4.78, 5) is 4.23. The summed E-state index contributed by atoms with van der Waals surface area (Å²) in [5, 5.41) is 9.09. The van der Waals surface area contributed by atoms with Crippen LogP contribution in [0.1, 0.15) is 11.7 Å². The lowest BCUT2D eigenvalue weighted by Gasteiger charge is -2.15. The summed E-state index contributed by atoms with van der Waals surface area (Å²) in [6.07, 6.45) is 2.14. The van der Waals surface area contributed by atoms with E-state index in [4.69, 9.17) is 9.84 Å². The molecule has 0 aromatic heterocycles. The third-order valence-electron chi connectivity index (χ3n) is 2.63. The van der Waals surface area contributed by atoms with Gasteiger partial charge in [0, 0.05) is 6.26 Å². The van der Waals surface area contributed by atoms with E-state index in [0.29, 0.717) is 0 Å². The van der Waals surface area contributed by atoms with E-state index in [2.05, 4.69) is 4.99 Å². The Balaban J connectivity index is 2.25. The summed E-state index contributed by atoms with van der Waals surface area (Å²) in [6.45, 7) is -0.102. The Morgan fingerprint density at radius 1 is 1.35 bits per heavy atom. The number of nitrogens with zero attached hydrogens (tertiary/aromatic N) is 1. The second kappa shape index (κ2) is 4.46. The molecule has 0 unspecified atom stereocenters. The molecule has 0 spiro atoms. The molecular formula is C11H13NO4S. The van der Waals surface area contributed by atoms with Crippen molar-refractivity contribution < 1.29 is 18.3 Å². The van der Waals surface area contributed by atoms with Crippen LogP contribution < -0.4 is 0 Å². The van der Waals surface area contributed by atoms with Crippen molar-refractivity contribution in [3.05, 3.63) is 29.8 Å². The lowest BCUT2D eigenvalue weighted by atomic mass is 10.0. The standard InChI is InChI=1S/C11H13NO4S/c1-17(14,15)9-4-2-8(3-5-9)11-10(6-13)12-7-16-11/h2-5,7,10-11,13H,6H2,1H3/t10-,11-/m1/s1. The first-order valence-corrected chi connectivity index (χ1v) is 6.99. The molecule has 1 aromatic carbocycles. The molecule has 1 aliphatic rings. The first-order valence-electron chi connectivity index (χ1n) is 5.10. The van der Waals surface area contributed by atoms with Gasteiger partial charge in [-0.05, 0) is 17.7 Å². The topological polar surface area (TPSA) is 76.0 Å². The van der Waals surface area contributed by atoms with Gasteiger partial charge in [0.2, 0.25) is 0 Å². The van der Waals surface area contributed by atoms with Crippen LogP contribution in [0.15, 0.2) is 34.2 Å². The zero-order chi connectivity index (χ0) is 12.5. The molecule has 5 nitrogen and oxygen atoms in total. The van der Waals surface area contributed by atoms with Gasteiger partial charge in [-0.3, -0.25) is 0 Å². The van der Waals surface area contributed by atoms with E-state index >= 15 is 0 Å². The van der Waals surface area contributed by atoms with E-state index in [1.165, 1.54) is 18.5 Å². The molecule has 0 aliphatic carbocycles. The van der Waals surface area contributed by atoms with E-state index in [1.807, 2.05) is 0 Å². The molecular weight excluding hydrogens is 242 g/mol. The zero-order valence-electron chi connectivity index (χ0n) is 9.28. The molecule has 1 aromatic rings. The van der Waals surface area contributed by atoms with Gasteiger partial charge in [0.1, 0.15) is 12.1 Å². The van der Waals surface area contributed by atoms with Crippen LogP contribution in [0.3, 0.4) is 0 Å². The largest absolute Gasteiger partial charge is 0.473 e. The molecule has 0 amide bonds. The van der Waals surface area contributed by atoms with Crippen LogP contribution in [0, 0.1) is 0 Å². The van der Waals surface area contributed by atoms with Crippen molar-refractivity contribution in [2.75, 3.05) is 12.9 Å². The Kier molecular flexibility index (Phi) is 3.17. The van der Waals surface area contributed by atoms with Gasteiger partial charge < -0.3 is 9.84 Å². The number of aliphatic imine (C=N–C) groups is 1. The number of aliphatic hydroxyl groups is 1. The van der Waals surface area contributed by atoms with Gasteiger partial charge in [-0.25, -0.2) is 13.4 Å². The van der Waals surface area contributed by atoms with Gasteiger partial charge in [-0.2, -0.15) is 0 Å². The monoisotopic (exact) mass is 255 g/mol. The summed E-state index contributed by atoms with van der Waals surface area (Å²) in [5.41, 5.74) is 0.800. The second-order valence-electron chi connectivity index (χ2n) is 3.90. The summed E-state index contributed by atoms with van der Waals surface area (Å²) in [5.74, 6) is 0. The van der Waals surface area contributed by atoms with Crippen molar-refractivity contribution in [2.24, 2.45) is 4.99 Å². The minimum Gasteiger partial charge on any atom is -0.473 e. The van der Waals surface area contributed by atoms with Gasteiger partial charge in [0.15, 0.2) is 16.2 Å². The van der Waals surface area contributed by atoms with Crippen molar-refractivity contribution in [1.82, 2.24) is 0 Å². The molecule has 0 saturated heterocycles. The van der Waals surface area contributed by atoms with Crippen LogP contribution in [0.5, 0.6) is 0 Å². The minimum absolute atomic E-state index is 0.102. The molecule has 0 fully saturated rings. The number of sulfone groups is 1. The number of ether oxygens (including phenoxy) is 1. The fourth-order valence-electron chi connectivity index (χ4n) is 1.70. The summed E-state index contributed by atoms with van der Waals surface area (Å²) in [6, 6.07) is 6.09. The molecule has 0 radical (unpaired) electrons. The van der Waals surface area contributed by atoms with Crippen LogP contribution in [0.2, 0.25) is 0 Å². The Labute approximate surface area is 99.7 Å². The van der Waals surface area contributed by atoms with Crippen molar-refractivity contribution in [3.8, 4) is 0 Å². The summed E-state index contributed by atoms with van der Waals surface area (Å²) >= 11 is 0. The fourth-order valence-corrected chi connectivity index (χ4v) is 2.33. The highest BCUT2D eigenvalue weighted by Gasteiger charge is 2.27. The highest BCUT2D eigenvalue weighted by atomic mass is 32.2. The molecule has 2 atom stereocenters. The van der Waals surface area contributed by atoms with Crippen molar-refractivity contribution >= 4 is 16.2 Å². The van der Waals surface area contributed by atoms with Crippen molar-refractivity contribution in [2.45, 2.75) is 17.0 Å². The van der Waals surface area contributed by atoms with E-state index in [-0.39, 0.29) is 23.6 Å². The van der Waals surface area contributed by atoms with Crippen molar-refractivity contribution in [3.63, 3.8) is 0 Å². The molecule has 92 valence electrons. The van der Waals surface area contributed by atoms with Crippen LogP contribution >= 0.6 is 0 Å². The molecule has 1 N–H and O–H groups in total. The van der Waals surface area contributed by atoms with Crippen molar-refractivity contribution in [1.29, 1.82) is 0 Å². The smallest absolute Gasteiger partial charge is 0.175 e. The van der Waals surface area contributed by atoms with Gasteiger partial charge in [-0.15, -0.1) is 0 Å². The molecule has 1 heterocycles. The third kappa shape index (κ3) is 2.48. The Bertz CT molecular complexity index is 521. The lowest BCUT2D eigenvalue weighted by Crippen LogP contribution is -2.17. The second-order valence-corrected chi connectivity index (χ2v) is 5.92. The molecule has 0 bridgehead atoms. The quantitative estimate of drug-likeness (QED) is 0.855. The predicted molar refractivity (Wildman–Crippen MR) is 62.7 cm³/mol. The molecule has 17 heavy (non-hydrogen) atoms. The Morgan fingerprint density at radius 2 is 2.00 bits per heavy atom. The van der Waals surface area contributed by atoms with Crippen LogP contribution in [-0.2, 0) is 14.6 Å². The number of hydrogen-bond acceptors (Lipinski definition) is 5. The molecule has 2 rings (SSSR count). The highest BCUT2D eigenvalue weighted by Crippen LogP contribution is 2.27. The van der Waals surface area contributed by atoms with Crippen LogP contribution in [0.4, 0.5) is 0 Å². The number of hydrogen-bond donors (Lipinski definition) is 1. The first kappa shape index (κ1) is 12.1. The summed E-state index contributed by atoms with van der Waals surface area (Å²) < 4.78 is 27.8. The minimum atomic E-state index is -3.18. The predicted octanol–water partition coefficient (Wildman–Crippen LogP) is 0.551. The van der Waals surface area contributed by atoms with Gasteiger partial charge >= 0.3 is 0 Å². The van der Waals surface area contributed by atoms with E-state index in [9.17, 15) is 8.42 Å². The summed E-state index contributed by atoms with van der Waals surface area (Å²) in [7, 11) is -3.18.